The molecular formula is C24H32N4O5. The van der Waals surface area contributed by atoms with Crippen molar-refractivity contribution in [2.24, 2.45) is 7.05 Å². The van der Waals surface area contributed by atoms with Crippen LogP contribution in [0.4, 0.5) is 0 Å². The van der Waals surface area contributed by atoms with Crippen LogP contribution in [0.5, 0.6) is 0 Å². The van der Waals surface area contributed by atoms with Gasteiger partial charge in [0.1, 0.15) is 11.9 Å². The number of fused-ring (bicyclic) bond motifs is 1. The summed E-state index contributed by atoms with van der Waals surface area (Å²) in [6, 6.07) is 6.68. The third-order valence-electron chi connectivity index (χ3n) is 5.37. The highest BCUT2D eigenvalue weighted by Gasteiger charge is 2.25. The van der Waals surface area contributed by atoms with E-state index in [1.807, 2.05) is 22.8 Å². The van der Waals surface area contributed by atoms with Crippen LogP contribution in [-0.4, -0.2) is 55.2 Å². The van der Waals surface area contributed by atoms with Crippen LogP contribution in [0.1, 0.15) is 31.9 Å². The van der Waals surface area contributed by atoms with E-state index in [2.05, 4.69) is 5.32 Å². The Hall–Kier alpha value is -3.01. The van der Waals surface area contributed by atoms with E-state index in [0.717, 1.165) is 22.2 Å². The molecule has 178 valence electrons. The second-order valence-electron chi connectivity index (χ2n) is 8.55. The van der Waals surface area contributed by atoms with Crippen molar-refractivity contribution in [3.63, 3.8) is 0 Å². The molecule has 0 amide bonds. The minimum Gasteiger partial charge on any atom is -0.462 e. The van der Waals surface area contributed by atoms with E-state index in [9.17, 15) is 19.8 Å². The molecule has 3 rings (SSSR count). The number of nitrogens with zero attached hydrogens (tertiary/aromatic N) is 3. The molecule has 0 fully saturated rings. The number of nitrogens with one attached hydrogen (secondary N) is 1. The molecule has 2 atom stereocenters. The number of hydrogen-bond acceptors (Lipinski definition) is 7. The minimum absolute atomic E-state index is 0.0550. The van der Waals surface area contributed by atoms with Crippen molar-refractivity contribution in [1.29, 1.82) is 0 Å². The number of aryl methyl sites for hydroxylation is 2. The van der Waals surface area contributed by atoms with Crippen molar-refractivity contribution in [1.82, 2.24) is 19.4 Å². The van der Waals surface area contributed by atoms with Gasteiger partial charge >= 0.3 is 5.97 Å². The Kier molecular flexibility index (Phi) is 7.68. The Morgan fingerprint density at radius 1 is 1.24 bits per heavy atom. The summed E-state index contributed by atoms with van der Waals surface area (Å²) < 4.78 is 8.67. The lowest BCUT2D eigenvalue weighted by atomic mass is 10.1. The third-order valence-corrected chi connectivity index (χ3v) is 5.37. The molecule has 33 heavy (non-hydrogen) atoms. The minimum atomic E-state index is -0.914. The lowest BCUT2D eigenvalue weighted by molar-refractivity contribution is -0.152. The molecular weight excluding hydrogens is 424 g/mol. The van der Waals surface area contributed by atoms with Gasteiger partial charge in [-0.25, -0.2) is 4.98 Å². The molecule has 2 unspecified atom stereocenters. The first-order valence-corrected chi connectivity index (χ1v) is 11.0. The van der Waals surface area contributed by atoms with E-state index in [1.54, 1.807) is 47.0 Å². The van der Waals surface area contributed by atoms with Crippen molar-refractivity contribution in [3.8, 4) is 11.4 Å². The summed E-state index contributed by atoms with van der Waals surface area (Å²) >= 11 is 0. The second kappa shape index (κ2) is 10.3. The Balaban J connectivity index is 1.93. The molecule has 0 aliphatic rings. The molecule has 3 N–H and O–H groups in total. The van der Waals surface area contributed by atoms with Gasteiger partial charge < -0.3 is 24.1 Å². The van der Waals surface area contributed by atoms with Crippen LogP contribution in [-0.2, 0) is 29.7 Å². The van der Waals surface area contributed by atoms with E-state index >= 15 is 0 Å². The normalized spacial score (nSPS) is 13.5. The number of ether oxygens (including phenoxy) is 1. The summed E-state index contributed by atoms with van der Waals surface area (Å²) in [4.78, 5) is 29.2. The number of aliphatic hydroxyl groups is 2. The zero-order valence-corrected chi connectivity index (χ0v) is 19.7. The fraction of sp³-hybridized carbons (Fsp3) is 0.458. The molecule has 9 nitrogen and oxygen atoms in total. The van der Waals surface area contributed by atoms with Crippen LogP contribution in [0.3, 0.4) is 0 Å². The number of pyridine rings is 1. The zero-order chi connectivity index (χ0) is 24.3. The molecule has 2 heterocycles. The molecule has 1 aromatic carbocycles. The predicted octanol–water partition coefficient (Wildman–Crippen LogP) is 1.49. The summed E-state index contributed by atoms with van der Waals surface area (Å²) in [6.45, 7) is 7.46. The highest BCUT2D eigenvalue weighted by atomic mass is 16.5. The maximum Gasteiger partial charge on any atom is 0.326 e. The second-order valence-corrected chi connectivity index (χ2v) is 8.55. The fourth-order valence-corrected chi connectivity index (χ4v) is 3.82. The van der Waals surface area contributed by atoms with E-state index in [4.69, 9.17) is 9.72 Å². The number of aromatic nitrogens is 3. The van der Waals surface area contributed by atoms with Gasteiger partial charge in [-0.2, -0.15) is 0 Å². The van der Waals surface area contributed by atoms with Crippen LogP contribution in [0.15, 0.2) is 35.3 Å². The molecule has 0 saturated carbocycles. The molecule has 9 heteroatoms. The van der Waals surface area contributed by atoms with Crippen molar-refractivity contribution in [2.45, 2.75) is 59.0 Å². The maximum atomic E-state index is 12.3. The van der Waals surface area contributed by atoms with E-state index in [-0.39, 0.29) is 18.3 Å². The zero-order valence-electron chi connectivity index (χ0n) is 19.7. The molecule has 3 aromatic rings. The van der Waals surface area contributed by atoms with Crippen LogP contribution in [0.25, 0.3) is 22.4 Å². The summed E-state index contributed by atoms with van der Waals surface area (Å²) in [5.74, 6) is 0.158. The topological polar surface area (TPSA) is 119 Å². The standard InChI is InChI=1S/C24H32N4O5/c1-14(2)33-24(32)21(16(4)30)25-12-17-6-7-20-19(11-17)26-22(28(20)8-9-29)18-10-15(3)23(31)27(5)13-18/h6-7,10-11,13-14,16,21,25,29-30H,8-9,12H2,1-5H3. The number of aliphatic hydroxyl groups excluding tert-OH is 2. The van der Waals surface area contributed by atoms with Gasteiger partial charge in [0.05, 0.1) is 29.8 Å². The van der Waals surface area contributed by atoms with Crippen molar-refractivity contribution in [3.05, 3.63) is 51.9 Å². The highest BCUT2D eigenvalue weighted by Crippen LogP contribution is 2.25. The summed E-state index contributed by atoms with van der Waals surface area (Å²) in [5, 5.41) is 22.7. The Bertz CT molecular complexity index is 1170. The lowest BCUT2D eigenvalue weighted by Gasteiger charge is -2.21. The Labute approximate surface area is 192 Å². The number of carbonyl (C=O) groups excluding carboxylic acids is 1. The van der Waals surface area contributed by atoms with Crippen LogP contribution >= 0.6 is 0 Å². The van der Waals surface area contributed by atoms with Crippen LogP contribution in [0.2, 0.25) is 0 Å². The first-order valence-electron chi connectivity index (χ1n) is 11.0. The van der Waals surface area contributed by atoms with Crippen LogP contribution in [0, 0.1) is 6.92 Å². The molecule has 0 radical (unpaired) electrons. The van der Waals surface area contributed by atoms with Gasteiger partial charge in [-0.1, -0.05) is 6.07 Å². The molecule has 0 saturated heterocycles. The summed E-state index contributed by atoms with van der Waals surface area (Å²) in [7, 11) is 1.70. The van der Waals surface area contributed by atoms with Gasteiger partial charge in [0.25, 0.3) is 5.56 Å². The Morgan fingerprint density at radius 2 is 1.97 bits per heavy atom. The van der Waals surface area contributed by atoms with Gasteiger partial charge in [-0.15, -0.1) is 0 Å². The number of benzene rings is 1. The van der Waals surface area contributed by atoms with Gasteiger partial charge in [0, 0.05) is 37.5 Å². The fourth-order valence-electron chi connectivity index (χ4n) is 3.82. The number of carbonyl (C=O) groups is 1. The molecule has 0 aliphatic carbocycles. The smallest absolute Gasteiger partial charge is 0.326 e. The SMILES string of the molecule is Cc1cc(-c2nc3cc(CNC(C(=O)OC(C)C)C(C)O)ccc3n2CCO)cn(C)c1=O. The summed E-state index contributed by atoms with van der Waals surface area (Å²) in [5.41, 5.74) is 3.77. The van der Waals surface area contributed by atoms with Crippen LogP contribution < -0.4 is 10.9 Å². The molecule has 0 aliphatic heterocycles. The van der Waals surface area contributed by atoms with Gasteiger partial charge in [0.2, 0.25) is 0 Å². The summed E-state index contributed by atoms with van der Waals surface area (Å²) in [6.07, 6.45) is 0.552. The average molecular weight is 457 g/mol. The number of imidazole rings is 1. The molecule has 2 aromatic heterocycles. The van der Waals surface area contributed by atoms with Crippen molar-refractivity contribution in [2.75, 3.05) is 6.61 Å². The highest BCUT2D eigenvalue weighted by molar-refractivity contribution is 5.81. The number of esters is 1. The Morgan fingerprint density at radius 3 is 2.58 bits per heavy atom. The van der Waals surface area contributed by atoms with Gasteiger partial charge in [-0.05, 0) is 51.5 Å². The first-order chi connectivity index (χ1) is 15.6. The van der Waals surface area contributed by atoms with E-state index < -0.39 is 18.1 Å². The average Bonchev–Trinajstić information content (AvgIpc) is 3.09. The van der Waals surface area contributed by atoms with Crippen molar-refractivity contribution < 1.29 is 19.7 Å². The molecule has 0 bridgehead atoms. The van der Waals surface area contributed by atoms with E-state index in [0.29, 0.717) is 24.5 Å². The largest absolute Gasteiger partial charge is 0.462 e. The number of rotatable bonds is 9. The number of hydrogen-bond donors (Lipinski definition) is 3. The van der Waals surface area contributed by atoms with Gasteiger partial charge in [0.15, 0.2) is 0 Å². The lowest BCUT2D eigenvalue weighted by Crippen LogP contribution is -2.46. The third kappa shape index (κ3) is 5.50. The first kappa shape index (κ1) is 24.6. The maximum absolute atomic E-state index is 12.3. The van der Waals surface area contributed by atoms with Gasteiger partial charge in [-0.3, -0.25) is 14.9 Å². The molecule has 0 spiro atoms. The monoisotopic (exact) mass is 456 g/mol. The van der Waals surface area contributed by atoms with Crippen molar-refractivity contribution >= 4 is 17.0 Å². The quantitative estimate of drug-likeness (QED) is 0.418. The predicted molar refractivity (Wildman–Crippen MR) is 126 cm³/mol. The van der Waals surface area contributed by atoms with E-state index in [1.165, 1.54) is 4.57 Å².